The standard InChI is InChI=1S/C13H14FN3O2/c1-9-8-12(17(16-9)6-7-18)15-13(19)10-4-2-3-5-11(10)14/h2-5,8,18H,6-7H2,1H3,(H,15,19). The van der Waals surface area contributed by atoms with Gasteiger partial charge in [0, 0.05) is 6.07 Å². The molecule has 1 aromatic heterocycles. The van der Waals surface area contributed by atoms with Crippen LogP contribution < -0.4 is 5.32 Å². The molecular formula is C13H14FN3O2. The van der Waals surface area contributed by atoms with Gasteiger partial charge in [-0.3, -0.25) is 4.79 Å². The summed E-state index contributed by atoms with van der Waals surface area (Å²) in [5, 5.41) is 15.6. The van der Waals surface area contributed by atoms with Gasteiger partial charge in [-0.2, -0.15) is 5.10 Å². The minimum absolute atomic E-state index is 0.0306. The van der Waals surface area contributed by atoms with Gasteiger partial charge >= 0.3 is 0 Å². The summed E-state index contributed by atoms with van der Waals surface area (Å²) in [6, 6.07) is 7.41. The highest BCUT2D eigenvalue weighted by atomic mass is 19.1. The molecule has 2 N–H and O–H groups in total. The number of hydrogen-bond donors (Lipinski definition) is 2. The highest BCUT2D eigenvalue weighted by molar-refractivity contribution is 6.04. The monoisotopic (exact) mass is 263 g/mol. The topological polar surface area (TPSA) is 67.2 Å². The van der Waals surface area contributed by atoms with Crippen LogP contribution in [0, 0.1) is 12.7 Å². The predicted octanol–water partition coefficient (Wildman–Crippen LogP) is 1.58. The highest BCUT2D eigenvalue weighted by Gasteiger charge is 2.13. The van der Waals surface area contributed by atoms with E-state index in [1.54, 1.807) is 19.1 Å². The lowest BCUT2D eigenvalue weighted by molar-refractivity contribution is 0.102. The number of halogens is 1. The molecular weight excluding hydrogens is 249 g/mol. The lowest BCUT2D eigenvalue weighted by Gasteiger charge is -2.08. The Kier molecular flexibility index (Phi) is 3.91. The van der Waals surface area contributed by atoms with Crippen molar-refractivity contribution in [3.8, 4) is 0 Å². The van der Waals surface area contributed by atoms with E-state index in [0.29, 0.717) is 11.5 Å². The fourth-order valence-corrected chi connectivity index (χ4v) is 1.74. The number of nitrogens with zero attached hydrogens (tertiary/aromatic N) is 2. The van der Waals surface area contributed by atoms with Gasteiger partial charge in [0.05, 0.1) is 24.4 Å². The maximum absolute atomic E-state index is 13.5. The van der Waals surface area contributed by atoms with Crippen molar-refractivity contribution in [2.24, 2.45) is 0 Å². The number of aryl methyl sites for hydroxylation is 1. The minimum atomic E-state index is -0.579. The van der Waals surface area contributed by atoms with E-state index >= 15 is 0 Å². The van der Waals surface area contributed by atoms with Crippen LogP contribution in [-0.4, -0.2) is 27.4 Å². The highest BCUT2D eigenvalue weighted by Crippen LogP contribution is 2.13. The number of anilines is 1. The molecule has 0 fully saturated rings. The first-order valence-corrected chi connectivity index (χ1v) is 5.83. The third-order valence-corrected chi connectivity index (χ3v) is 2.57. The summed E-state index contributed by atoms with van der Waals surface area (Å²) < 4.78 is 14.9. The number of amides is 1. The molecule has 0 unspecified atom stereocenters. The molecule has 5 nitrogen and oxygen atoms in total. The van der Waals surface area contributed by atoms with Crippen LogP contribution >= 0.6 is 0 Å². The average molecular weight is 263 g/mol. The summed E-state index contributed by atoms with van der Waals surface area (Å²) >= 11 is 0. The van der Waals surface area contributed by atoms with Crippen LogP contribution in [0.4, 0.5) is 10.2 Å². The van der Waals surface area contributed by atoms with E-state index in [1.165, 1.54) is 22.9 Å². The first-order chi connectivity index (χ1) is 9.11. The quantitative estimate of drug-likeness (QED) is 0.880. The van der Waals surface area contributed by atoms with Crippen LogP contribution in [0.25, 0.3) is 0 Å². The molecule has 0 saturated heterocycles. The molecule has 2 rings (SSSR count). The number of rotatable bonds is 4. The molecule has 0 aliphatic heterocycles. The fourth-order valence-electron chi connectivity index (χ4n) is 1.74. The second-order valence-corrected chi connectivity index (χ2v) is 4.05. The molecule has 6 heteroatoms. The van der Waals surface area contributed by atoms with E-state index in [4.69, 9.17) is 5.11 Å². The summed E-state index contributed by atoms with van der Waals surface area (Å²) in [6.07, 6.45) is 0. The zero-order chi connectivity index (χ0) is 13.8. The van der Waals surface area contributed by atoms with E-state index in [1.807, 2.05) is 0 Å². The van der Waals surface area contributed by atoms with E-state index in [0.717, 1.165) is 0 Å². The van der Waals surface area contributed by atoms with Crippen LogP contribution in [0.15, 0.2) is 30.3 Å². The number of aliphatic hydroxyl groups excluding tert-OH is 1. The molecule has 19 heavy (non-hydrogen) atoms. The Bertz CT molecular complexity index is 595. The number of benzene rings is 1. The predicted molar refractivity (Wildman–Crippen MR) is 68.4 cm³/mol. The number of aliphatic hydroxyl groups is 1. The van der Waals surface area contributed by atoms with Crippen LogP contribution in [0.1, 0.15) is 16.1 Å². The minimum Gasteiger partial charge on any atom is -0.394 e. The van der Waals surface area contributed by atoms with Gasteiger partial charge in [0.1, 0.15) is 11.6 Å². The van der Waals surface area contributed by atoms with E-state index in [2.05, 4.69) is 10.4 Å². The van der Waals surface area contributed by atoms with Gasteiger partial charge in [-0.15, -0.1) is 0 Å². The molecule has 2 aromatic rings. The number of carbonyl (C=O) groups is 1. The Morgan fingerprint density at radius 2 is 2.21 bits per heavy atom. The van der Waals surface area contributed by atoms with Crippen LogP contribution in [0.2, 0.25) is 0 Å². The third-order valence-electron chi connectivity index (χ3n) is 2.57. The van der Waals surface area contributed by atoms with Gasteiger partial charge in [0.25, 0.3) is 5.91 Å². The van der Waals surface area contributed by atoms with Crippen molar-refractivity contribution in [1.29, 1.82) is 0 Å². The second-order valence-electron chi connectivity index (χ2n) is 4.05. The largest absolute Gasteiger partial charge is 0.394 e. The Hall–Kier alpha value is -2.21. The van der Waals surface area contributed by atoms with Gasteiger partial charge in [0.15, 0.2) is 0 Å². The molecule has 0 atom stereocenters. The van der Waals surface area contributed by atoms with Crippen molar-refractivity contribution < 1.29 is 14.3 Å². The Morgan fingerprint density at radius 1 is 1.47 bits per heavy atom. The van der Waals surface area contributed by atoms with Crippen molar-refractivity contribution in [2.45, 2.75) is 13.5 Å². The molecule has 0 radical (unpaired) electrons. The third kappa shape index (κ3) is 2.97. The van der Waals surface area contributed by atoms with Gasteiger partial charge in [-0.05, 0) is 19.1 Å². The Labute approximate surface area is 109 Å². The molecule has 1 amide bonds. The molecule has 0 spiro atoms. The van der Waals surface area contributed by atoms with Gasteiger partial charge in [0.2, 0.25) is 0 Å². The number of aromatic nitrogens is 2. The second kappa shape index (κ2) is 5.62. The Morgan fingerprint density at radius 3 is 2.89 bits per heavy atom. The van der Waals surface area contributed by atoms with Crippen molar-refractivity contribution in [3.05, 3.63) is 47.4 Å². The van der Waals surface area contributed by atoms with Gasteiger partial charge in [-0.25, -0.2) is 9.07 Å². The van der Waals surface area contributed by atoms with E-state index in [9.17, 15) is 9.18 Å². The van der Waals surface area contributed by atoms with Gasteiger partial charge < -0.3 is 10.4 Å². The number of carbonyl (C=O) groups excluding carboxylic acids is 1. The molecule has 0 aliphatic carbocycles. The zero-order valence-electron chi connectivity index (χ0n) is 10.4. The summed E-state index contributed by atoms with van der Waals surface area (Å²) in [6.45, 7) is 1.94. The average Bonchev–Trinajstić information content (AvgIpc) is 2.70. The van der Waals surface area contributed by atoms with Crippen LogP contribution in [0.3, 0.4) is 0 Å². The lowest BCUT2D eigenvalue weighted by Crippen LogP contribution is -2.17. The number of hydrogen-bond acceptors (Lipinski definition) is 3. The normalized spacial score (nSPS) is 10.5. The van der Waals surface area contributed by atoms with E-state index < -0.39 is 11.7 Å². The molecule has 0 bridgehead atoms. The fraction of sp³-hybridized carbons (Fsp3) is 0.231. The molecule has 1 aromatic carbocycles. The summed E-state index contributed by atoms with van der Waals surface area (Å²) in [7, 11) is 0. The lowest BCUT2D eigenvalue weighted by atomic mass is 10.2. The van der Waals surface area contributed by atoms with Crippen molar-refractivity contribution in [3.63, 3.8) is 0 Å². The van der Waals surface area contributed by atoms with E-state index in [-0.39, 0.29) is 18.7 Å². The molecule has 1 heterocycles. The Balaban J connectivity index is 2.22. The maximum atomic E-state index is 13.5. The molecule has 0 saturated carbocycles. The molecule has 100 valence electrons. The van der Waals surface area contributed by atoms with Crippen LogP contribution in [-0.2, 0) is 6.54 Å². The van der Waals surface area contributed by atoms with Crippen molar-refractivity contribution in [1.82, 2.24) is 9.78 Å². The van der Waals surface area contributed by atoms with Gasteiger partial charge in [-0.1, -0.05) is 12.1 Å². The SMILES string of the molecule is Cc1cc(NC(=O)c2ccccc2F)n(CCO)n1. The maximum Gasteiger partial charge on any atom is 0.259 e. The van der Waals surface area contributed by atoms with Crippen LogP contribution in [0.5, 0.6) is 0 Å². The first-order valence-electron chi connectivity index (χ1n) is 5.83. The summed E-state index contributed by atoms with van der Waals surface area (Å²) in [5.41, 5.74) is 0.675. The molecule has 0 aliphatic rings. The first kappa shape index (κ1) is 13.2. The van der Waals surface area contributed by atoms with Crippen molar-refractivity contribution >= 4 is 11.7 Å². The zero-order valence-corrected chi connectivity index (χ0v) is 10.4. The summed E-state index contributed by atoms with van der Waals surface area (Å²) in [5.74, 6) is -0.693. The summed E-state index contributed by atoms with van der Waals surface area (Å²) in [4.78, 5) is 11.9. The number of nitrogens with one attached hydrogen (secondary N) is 1. The smallest absolute Gasteiger partial charge is 0.259 e. The van der Waals surface area contributed by atoms with Crippen molar-refractivity contribution in [2.75, 3.05) is 11.9 Å².